The second-order valence-corrected chi connectivity index (χ2v) is 8.07. The fourth-order valence-electron chi connectivity index (χ4n) is 5.50. The molecule has 0 unspecified atom stereocenters. The zero-order valence-electron chi connectivity index (χ0n) is 15.7. The van der Waals surface area contributed by atoms with E-state index < -0.39 is 0 Å². The van der Waals surface area contributed by atoms with Crippen LogP contribution in [0.1, 0.15) is 41.7 Å². The molecule has 0 spiro atoms. The SMILES string of the molecule is CCn1ccc(C(=O)N2C[C@@H](c3cccc(O)c3)[C@@H]3[C@H]2C2CCN3CC2)n1. The summed E-state index contributed by atoms with van der Waals surface area (Å²) in [5.41, 5.74) is 1.68. The number of hydrogen-bond acceptors (Lipinski definition) is 4. The molecule has 1 N–H and O–H groups in total. The van der Waals surface area contributed by atoms with Crippen molar-refractivity contribution >= 4 is 5.91 Å². The van der Waals surface area contributed by atoms with E-state index in [9.17, 15) is 9.90 Å². The van der Waals surface area contributed by atoms with Gasteiger partial charge in [0.1, 0.15) is 11.4 Å². The number of fused-ring (bicyclic) bond motifs is 2. The average molecular weight is 366 g/mol. The standard InChI is InChI=1S/C21H26N4O2/c1-2-24-11-8-18(22-24)21(27)25-13-17(15-4-3-5-16(26)12-15)20-19(25)14-6-9-23(20)10-7-14/h3-5,8,11-12,14,17,19-20,26H,2,6-7,9-10,13H2,1H3/t17-,19+,20+/m0/s1. The number of phenols is 1. The van der Waals surface area contributed by atoms with E-state index in [1.807, 2.05) is 36.0 Å². The van der Waals surface area contributed by atoms with Crippen LogP contribution in [0.2, 0.25) is 0 Å². The molecular formula is C21H26N4O2. The molecule has 0 radical (unpaired) electrons. The number of aromatic nitrogens is 2. The van der Waals surface area contributed by atoms with Crippen LogP contribution < -0.4 is 0 Å². The third-order valence-electron chi connectivity index (χ3n) is 6.74. The van der Waals surface area contributed by atoms with Gasteiger partial charge in [-0.15, -0.1) is 0 Å². The highest BCUT2D eigenvalue weighted by Crippen LogP contribution is 2.47. The van der Waals surface area contributed by atoms with Gasteiger partial charge in [-0.05, 0) is 62.5 Å². The highest BCUT2D eigenvalue weighted by atomic mass is 16.3. The Hall–Kier alpha value is -2.34. The summed E-state index contributed by atoms with van der Waals surface area (Å²) >= 11 is 0. The number of carbonyl (C=O) groups is 1. The summed E-state index contributed by atoms with van der Waals surface area (Å²) in [6.45, 7) is 5.73. The van der Waals surface area contributed by atoms with Crippen LogP contribution in [0.15, 0.2) is 36.5 Å². The van der Waals surface area contributed by atoms with Crippen molar-refractivity contribution in [1.29, 1.82) is 0 Å². The number of rotatable bonds is 3. The maximum atomic E-state index is 13.3. The van der Waals surface area contributed by atoms with Crippen molar-refractivity contribution in [2.45, 2.75) is 44.3 Å². The molecule has 0 saturated carbocycles. The molecule has 3 atom stereocenters. The zero-order valence-corrected chi connectivity index (χ0v) is 15.7. The van der Waals surface area contributed by atoms with Gasteiger partial charge in [0.15, 0.2) is 0 Å². The Morgan fingerprint density at radius 2 is 2.04 bits per heavy atom. The number of carbonyl (C=O) groups excluding carboxylic acids is 1. The summed E-state index contributed by atoms with van der Waals surface area (Å²) in [6.07, 6.45) is 4.21. The van der Waals surface area contributed by atoms with Crippen molar-refractivity contribution in [3.63, 3.8) is 0 Å². The van der Waals surface area contributed by atoms with E-state index in [0.717, 1.165) is 25.2 Å². The number of hydrogen-bond donors (Lipinski definition) is 1. The van der Waals surface area contributed by atoms with E-state index in [2.05, 4.69) is 21.0 Å². The van der Waals surface area contributed by atoms with Gasteiger partial charge in [0.05, 0.1) is 6.04 Å². The molecule has 6 nitrogen and oxygen atoms in total. The van der Waals surface area contributed by atoms with E-state index in [0.29, 0.717) is 29.9 Å². The molecule has 4 saturated heterocycles. The summed E-state index contributed by atoms with van der Waals surface area (Å²) in [5.74, 6) is 1.15. The van der Waals surface area contributed by atoms with Crippen molar-refractivity contribution in [3.05, 3.63) is 47.8 Å². The number of amides is 1. The molecule has 0 aliphatic carbocycles. The summed E-state index contributed by atoms with van der Waals surface area (Å²) < 4.78 is 1.81. The maximum Gasteiger partial charge on any atom is 0.274 e. The zero-order chi connectivity index (χ0) is 18.5. The first-order chi connectivity index (χ1) is 13.2. The summed E-state index contributed by atoms with van der Waals surface area (Å²) in [6, 6.07) is 10.0. The minimum atomic E-state index is 0.0496. The van der Waals surface area contributed by atoms with E-state index in [4.69, 9.17) is 0 Å². The molecule has 1 amide bonds. The highest BCUT2D eigenvalue weighted by molar-refractivity contribution is 5.93. The fourth-order valence-corrected chi connectivity index (χ4v) is 5.50. The number of aryl methyl sites for hydroxylation is 1. The van der Waals surface area contributed by atoms with E-state index in [1.165, 1.54) is 12.8 Å². The molecule has 5 heterocycles. The van der Waals surface area contributed by atoms with Gasteiger partial charge in [0.2, 0.25) is 0 Å². The van der Waals surface area contributed by atoms with Crippen LogP contribution in [-0.2, 0) is 6.54 Å². The minimum absolute atomic E-state index is 0.0496. The topological polar surface area (TPSA) is 61.6 Å². The molecular weight excluding hydrogens is 340 g/mol. The predicted molar refractivity (Wildman–Crippen MR) is 102 cm³/mol. The Morgan fingerprint density at radius 1 is 1.22 bits per heavy atom. The predicted octanol–water partition coefficient (Wildman–Crippen LogP) is 2.31. The number of nitrogens with zero attached hydrogens (tertiary/aromatic N) is 4. The number of phenolic OH excluding ortho intramolecular Hbond substituents is 1. The van der Waals surface area contributed by atoms with Gasteiger partial charge in [-0.25, -0.2) is 0 Å². The molecule has 4 aliphatic rings. The second kappa shape index (κ2) is 6.37. The summed E-state index contributed by atoms with van der Waals surface area (Å²) in [7, 11) is 0. The van der Waals surface area contributed by atoms with Gasteiger partial charge >= 0.3 is 0 Å². The molecule has 6 heteroatoms. The number of likely N-dealkylation sites (tertiary alicyclic amines) is 1. The van der Waals surface area contributed by atoms with Crippen LogP contribution in [0.25, 0.3) is 0 Å². The average Bonchev–Trinajstić information content (AvgIpc) is 3.34. The lowest BCUT2D eigenvalue weighted by Crippen LogP contribution is -2.60. The Balaban J connectivity index is 1.51. The quantitative estimate of drug-likeness (QED) is 0.906. The first kappa shape index (κ1) is 16.8. The number of piperidine rings is 3. The lowest BCUT2D eigenvalue weighted by molar-refractivity contribution is -0.00361. The molecule has 4 aliphatic heterocycles. The van der Waals surface area contributed by atoms with Crippen molar-refractivity contribution in [1.82, 2.24) is 19.6 Å². The molecule has 4 fully saturated rings. The largest absolute Gasteiger partial charge is 0.508 e. The van der Waals surface area contributed by atoms with Crippen molar-refractivity contribution in [2.24, 2.45) is 5.92 Å². The van der Waals surface area contributed by atoms with E-state index in [1.54, 1.807) is 6.07 Å². The molecule has 27 heavy (non-hydrogen) atoms. The summed E-state index contributed by atoms with van der Waals surface area (Å²) in [4.78, 5) is 18.0. The van der Waals surface area contributed by atoms with E-state index >= 15 is 0 Å². The van der Waals surface area contributed by atoms with Gasteiger partial charge in [0.25, 0.3) is 5.91 Å². The van der Waals surface area contributed by atoms with Crippen LogP contribution in [0.3, 0.4) is 0 Å². The van der Waals surface area contributed by atoms with Gasteiger partial charge in [-0.3, -0.25) is 14.4 Å². The molecule has 2 aromatic rings. The lowest BCUT2D eigenvalue weighted by Gasteiger charge is -2.51. The van der Waals surface area contributed by atoms with Crippen molar-refractivity contribution in [2.75, 3.05) is 19.6 Å². The first-order valence-electron chi connectivity index (χ1n) is 10.0. The smallest absolute Gasteiger partial charge is 0.274 e. The molecule has 142 valence electrons. The molecule has 1 aromatic carbocycles. The van der Waals surface area contributed by atoms with Crippen LogP contribution in [0.4, 0.5) is 0 Å². The van der Waals surface area contributed by atoms with Crippen molar-refractivity contribution < 1.29 is 9.90 Å². The highest BCUT2D eigenvalue weighted by Gasteiger charge is 2.54. The van der Waals surface area contributed by atoms with Gasteiger partial charge < -0.3 is 10.0 Å². The maximum absolute atomic E-state index is 13.3. The van der Waals surface area contributed by atoms with Crippen LogP contribution in [0.5, 0.6) is 5.75 Å². The monoisotopic (exact) mass is 366 g/mol. The Kier molecular flexibility index (Phi) is 3.97. The molecule has 6 rings (SSSR count). The second-order valence-electron chi connectivity index (χ2n) is 8.07. The third kappa shape index (κ3) is 2.65. The van der Waals surface area contributed by atoms with Crippen LogP contribution >= 0.6 is 0 Å². The molecule has 1 aromatic heterocycles. The minimum Gasteiger partial charge on any atom is -0.508 e. The fraction of sp³-hybridized carbons (Fsp3) is 0.524. The normalized spacial score (nSPS) is 31.9. The van der Waals surface area contributed by atoms with E-state index in [-0.39, 0.29) is 17.9 Å². The van der Waals surface area contributed by atoms with Crippen molar-refractivity contribution in [3.8, 4) is 5.75 Å². The third-order valence-corrected chi connectivity index (χ3v) is 6.74. The Labute approximate surface area is 159 Å². The molecule has 2 bridgehead atoms. The summed E-state index contributed by atoms with van der Waals surface area (Å²) in [5, 5.41) is 14.4. The Bertz CT molecular complexity index is 855. The lowest BCUT2D eigenvalue weighted by atomic mass is 9.75. The van der Waals surface area contributed by atoms with Gasteiger partial charge in [-0.2, -0.15) is 5.10 Å². The number of benzene rings is 1. The first-order valence-corrected chi connectivity index (χ1v) is 10.0. The van der Waals surface area contributed by atoms with Gasteiger partial charge in [-0.1, -0.05) is 12.1 Å². The van der Waals surface area contributed by atoms with Gasteiger partial charge in [0, 0.05) is 31.2 Å². The number of aromatic hydroxyl groups is 1. The Morgan fingerprint density at radius 3 is 2.74 bits per heavy atom. The van der Waals surface area contributed by atoms with Crippen LogP contribution in [-0.4, -0.2) is 62.3 Å². The van der Waals surface area contributed by atoms with Crippen LogP contribution in [0, 0.1) is 5.92 Å².